The van der Waals surface area contributed by atoms with Gasteiger partial charge in [-0.2, -0.15) is 0 Å². The van der Waals surface area contributed by atoms with Crippen LogP contribution in [-0.2, 0) is 9.53 Å². The highest BCUT2D eigenvalue weighted by atomic mass is 16.5. The Morgan fingerprint density at radius 1 is 1.44 bits per heavy atom. The molecule has 0 aliphatic rings. The van der Waals surface area contributed by atoms with Crippen LogP contribution in [0.2, 0.25) is 0 Å². The van der Waals surface area contributed by atoms with Gasteiger partial charge in [0.25, 0.3) is 5.56 Å². The fourth-order valence-corrected chi connectivity index (χ4v) is 1.67. The van der Waals surface area contributed by atoms with Gasteiger partial charge < -0.3 is 9.47 Å². The largest absolute Gasteiger partial charge is 0.488 e. The molecule has 1 aromatic heterocycles. The lowest BCUT2D eigenvalue weighted by atomic mass is 10.2. The van der Waals surface area contributed by atoms with Crippen LogP contribution in [0, 0.1) is 0 Å². The quantitative estimate of drug-likeness (QED) is 0.725. The third-order valence-corrected chi connectivity index (χ3v) is 2.60. The smallest absolute Gasteiger partial charge is 0.328 e. The predicted molar refractivity (Wildman–Crippen MR) is 67.8 cm³/mol. The van der Waals surface area contributed by atoms with Gasteiger partial charge in [0.05, 0.1) is 13.7 Å². The third-order valence-electron chi connectivity index (χ3n) is 2.60. The van der Waals surface area contributed by atoms with E-state index in [0.29, 0.717) is 13.0 Å². The van der Waals surface area contributed by atoms with Crippen molar-refractivity contribution in [2.24, 2.45) is 0 Å². The summed E-state index contributed by atoms with van der Waals surface area (Å²) in [5.74, 6) is -0.158. The summed E-state index contributed by atoms with van der Waals surface area (Å²) in [6, 6.07) is 2.70. The lowest BCUT2D eigenvalue weighted by molar-refractivity contribution is -0.144. The molecule has 5 heteroatoms. The van der Waals surface area contributed by atoms with Gasteiger partial charge in [-0.1, -0.05) is 13.8 Å². The number of methoxy groups -OCH3 is 1. The van der Waals surface area contributed by atoms with E-state index in [9.17, 15) is 9.59 Å². The number of hydrogen-bond acceptors (Lipinski definition) is 4. The van der Waals surface area contributed by atoms with Crippen LogP contribution in [0.1, 0.15) is 32.7 Å². The average molecular weight is 253 g/mol. The number of ether oxygens (including phenoxy) is 2. The van der Waals surface area contributed by atoms with Crippen LogP contribution >= 0.6 is 0 Å². The molecule has 0 bridgehead atoms. The van der Waals surface area contributed by atoms with Crippen LogP contribution in [-0.4, -0.2) is 24.3 Å². The van der Waals surface area contributed by atoms with E-state index in [-0.39, 0.29) is 11.3 Å². The second-order valence-corrected chi connectivity index (χ2v) is 3.88. The predicted octanol–water partition coefficient (Wildman–Crippen LogP) is 1.76. The van der Waals surface area contributed by atoms with E-state index in [0.717, 1.165) is 6.42 Å². The summed E-state index contributed by atoms with van der Waals surface area (Å²) in [5, 5.41) is 0. The molecule has 1 rings (SSSR count). The molecule has 0 amide bonds. The first-order valence-corrected chi connectivity index (χ1v) is 6.07. The number of rotatable bonds is 6. The summed E-state index contributed by atoms with van der Waals surface area (Å²) in [7, 11) is 1.31. The Hall–Kier alpha value is -1.78. The average Bonchev–Trinajstić information content (AvgIpc) is 2.39. The summed E-state index contributed by atoms with van der Waals surface area (Å²) < 4.78 is 11.4. The van der Waals surface area contributed by atoms with Crippen molar-refractivity contribution in [1.82, 2.24) is 4.57 Å². The molecule has 1 aromatic rings. The summed E-state index contributed by atoms with van der Waals surface area (Å²) in [4.78, 5) is 23.7. The maximum absolute atomic E-state index is 12.1. The second kappa shape index (κ2) is 6.83. The van der Waals surface area contributed by atoms with Crippen molar-refractivity contribution < 1.29 is 14.3 Å². The van der Waals surface area contributed by atoms with Gasteiger partial charge in [0.2, 0.25) is 0 Å². The van der Waals surface area contributed by atoms with Crippen molar-refractivity contribution in [2.45, 2.75) is 32.7 Å². The van der Waals surface area contributed by atoms with Gasteiger partial charge in [-0.25, -0.2) is 4.79 Å². The van der Waals surface area contributed by atoms with Gasteiger partial charge in [-0.05, 0) is 25.0 Å². The lowest BCUT2D eigenvalue weighted by Crippen LogP contribution is -2.30. The number of carbonyl (C=O) groups excluding carboxylic acids is 1. The Bertz CT molecular complexity index is 453. The second-order valence-electron chi connectivity index (χ2n) is 3.88. The summed E-state index contributed by atoms with van der Waals surface area (Å²) in [5.41, 5.74) is -0.303. The van der Waals surface area contributed by atoms with E-state index in [4.69, 9.17) is 9.47 Å². The van der Waals surface area contributed by atoms with Crippen LogP contribution in [0.5, 0.6) is 5.75 Å². The molecule has 0 radical (unpaired) electrons. The molecule has 0 aliphatic carbocycles. The number of aromatic nitrogens is 1. The Labute approximate surface area is 106 Å². The summed E-state index contributed by atoms with van der Waals surface area (Å²) >= 11 is 0. The first-order valence-electron chi connectivity index (χ1n) is 6.07. The molecular weight excluding hydrogens is 234 g/mol. The monoisotopic (exact) mass is 253 g/mol. The summed E-state index contributed by atoms with van der Waals surface area (Å²) in [6.45, 7) is 4.27. The topological polar surface area (TPSA) is 57.5 Å². The fourth-order valence-electron chi connectivity index (χ4n) is 1.67. The van der Waals surface area contributed by atoms with E-state index in [2.05, 4.69) is 0 Å². The van der Waals surface area contributed by atoms with Gasteiger partial charge in [0.15, 0.2) is 5.75 Å². The molecular formula is C13H19NO4. The molecule has 0 saturated heterocycles. The first-order chi connectivity index (χ1) is 8.65. The fraction of sp³-hybridized carbons (Fsp3) is 0.538. The van der Waals surface area contributed by atoms with Crippen molar-refractivity contribution >= 4 is 5.97 Å². The number of hydrogen-bond donors (Lipinski definition) is 0. The van der Waals surface area contributed by atoms with Crippen molar-refractivity contribution in [3.8, 4) is 5.75 Å². The molecule has 1 unspecified atom stereocenters. The standard InChI is InChI=1S/C13H19NO4/c1-4-9-18-11-7-6-8-14(12(11)15)10(5-2)13(16)17-3/h6-8,10H,4-5,9H2,1-3H3. The molecule has 0 aromatic carbocycles. The molecule has 0 aliphatic heterocycles. The van der Waals surface area contributed by atoms with Gasteiger partial charge in [0, 0.05) is 6.20 Å². The Morgan fingerprint density at radius 2 is 2.17 bits per heavy atom. The minimum atomic E-state index is -0.604. The van der Waals surface area contributed by atoms with Crippen molar-refractivity contribution in [3.05, 3.63) is 28.7 Å². The maximum Gasteiger partial charge on any atom is 0.328 e. The van der Waals surface area contributed by atoms with Crippen molar-refractivity contribution in [3.63, 3.8) is 0 Å². The van der Waals surface area contributed by atoms with E-state index in [1.165, 1.54) is 11.7 Å². The van der Waals surface area contributed by atoms with Gasteiger partial charge in [-0.3, -0.25) is 9.36 Å². The van der Waals surface area contributed by atoms with Crippen molar-refractivity contribution in [2.75, 3.05) is 13.7 Å². The van der Waals surface area contributed by atoms with E-state index >= 15 is 0 Å². The van der Waals surface area contributed by atoms with E-state index < -0.39 is 12.0 Å². The van der Waals surface area contributed by atoms with Crippen LogP contribution in [0.4, 0.5) is 0 Å². The van der Waals surface area contributed by atoms with E-state index in [1.54, 1.807) is 18.3 Å². The zero-order chi connectivity index (χ0) is 13.5. The third kappa shape index (κ3) is 3.12. The summed E-state index contributed by atoms with van der Waals surface area (Å²) in [6.07, 6.45) is 2.89. The van der Waals surface area contributed by atoms with E-state index in [1.807, 2.05) is 13.8 Å². The molecule has 0 saturated carbocycles. The molecule has 0 fully saturated rings. The lowest BCUT2D eigenvalue weighted by Gasteiger charge is -2.16. The Balaban J connectivity index is 3.08. The van der Waals surface area contributed by atoms with Gasteiger partial charge >= 0.3 is 5.97 Å². The first kappa shape index (κ1) is 14.3. The highest BCUT2D eigenvalue weighted by Gasteiger charge is 2.21. The molecule has 18 heavy (non-hydrogen) atoms. The van der Waals surface area contributed by atoms with Crippen molar-refractivity contribution in [1.29, 1.82) is 0 Å². The van der Waals surface area contributed by atoms with Crippen LogP contribution in [0.25, 0.3) is 0 Å². The SMILES string of the molecule is CCCOc1cccn(C(CC)C(=O)OC)c1=O. The van der Waals surface area contributed by atoms with Gasteiger partial charge in [-0.15, -0.1) is 0 Å². The zero-order valence-electron chi connectivity index (χ0n) is 11.0. The zero-order valence-corrected chi connectivity index (χ0v) is 11.0. The number of pyridine rings is 1. The highest BCUT2D eigenvalue weighted by Crippen LogP contribution is 2.13. The highest BCUT2D eigenvalue weighted by molar-refractivity contribution is 5.74. The molecule has 0 spiro atoms. The number of carbonyl (C=O) groups is 1. The molecule has 0 N–H and O–H groups in total. The number of nitrogens with zero attached hydrogens (tertiary/aromatic N) is 1. The normalized spacial score (nSPS) is 11.9. The Morgan fingerprint density at radius 3 is 2.72 bits per heavy atom. The molecule has 1 atom stereocenters. The van der Waals surface area contributed by atoms with Crippen LogP contribution in [0.3, 0.4) is 0 Å². The molecule has 1 heterocycles. The minimum absolute atomic E-state index is 0.265. The number of esters is 1. The van der Waals surface area contributed by atoms with Crippen LogP contribution in [0.15, 0.2) is 23.1 Å². The molecule has 5 nitrogen and oxygen atoms in total. The minimum Gasteiger partial charge on any atom is -0.488 e. The van der Waals surface area contributed by atoms with Crippen LogP contribution < -0.4 is 10.3 Å². The molecule has 100 valence electrons. The maximum atomic E-state index is 12.1. The van der Waals surface area contributed by atoms with Gasteiger partial charge in [0.1, 0.15) is 6.04 Å². The Kier molecular flexibility index (Phi) is 5.42.